The molecule has 30 heavy (non-hydrogen) atoms. The number of benzene rings is 2. The molecule has 6 nitrogen and oxygen atoms in total. The summed E-state index contributed by atoms with van der Waals surface area (Å²) < 4.78 is 10.8. The van der Waals surface area contributed by atoms with Crippen LogP contribution in [0.25, 0.3) is 17.4 Å². The zero-order chi connectivity index (χ0) is 21.3. The fourth-order valence-electron chi connectivity index (χ4n) is 3.28. The minimum Gasteiger partial charge on any atom is -0.465 e. The number of amides is 1. The number of nitrogens with zero attached hydrogens (tertiary/aromatic N) is 2. The van der Waals surface area contributed by atoms with Gasteiger partial charge in [-0.15, -0.1) is 0 Å². The van der Waals surface area contributed by atoms with Crippen molar-refractivity contribution in [2.45, 2.75) is 13.8 Å². The lowest BCUT2D eigenvalue weighted by atomic mass is 10.0. The zero-order valence-corrected chi connectivity index (χ0v) is 16.9. The molecule has 1 amide bonds. The van der Waals surface area contributed by atoms with E-state index < -0.39 is 5.97 Å². The predicted octanol–water partition coefficient (Wildman–Crippen LogP) is 4.85. The summed E-state index contributed by atoms with van der Waals surface area (Å²) in [7, 11) is 1.35. The Labute approximate surface area is 174 Å². The molecule has 0 atom stereocenters. The van der Waals surface area contributed by atoms with Crippen molar-refractivity contribution in [2.24, 2.45) is 5.10 Å². The Bertz CT molecular complexity index is 1190. The van der Waals surface area contributed by atoms with Crippen molar-refractivity contribution in [3.05, 3.63) is 83.1 Å². The smallest absolute Gasteiger partial charge is 0.337 e. The lowest BCUT2D eigenvalue weighted by Gasteiger charge is -2.10. The van der Waals surface area contributed by atoms with Crippen LogP contribution in [0.1, 0.15) is 28.6 Å². The normalized spacial score (nSPS) is 14.9. The Morgan fingerprint density at radius 3 is 2.57 bits per heavy atom. The lowest BCUT2D eigenvalue weighted by Crippen LogP contribution is -2.21. The van der Waals surface area contributed by atoms with Gasteiger partial charge in [-0.05, 0) is 61.9 Å². The maximum absolute atomic E-state index is 12.9. The summed E-state index contributed by atoms with van der Waals surface area (Å²) in [5.41, 5.74) is 3.99. The van der Waals surface area contributed by atoms with Gasteiger partial charge in [-0.25, -0.2) is 4.79 Å². The number of hydrogen-bond donors (Lipinski definition) is 0. The van der Waals surface area contributed by atoms with Gasteiger partial charge in [0.15, 0.2) is 0 Å². The summed E-state index contributed by atoms with van der Waals surface area (Å²) in [6.07, 6.45) is 1.69. The van der Waals surface area contributed by atoms with Crippen molar-refractivity contribution >= 4 is 29.4 Å². The van der Waals surface area contributed by atoms with Crippen molar-refractivity contribution in [1.82, 2.24) is 0 Å². The third-order valence-electron chi connectivity index (χ3n) is 4.90. The number of furan rings is 1. The van der Waals surface area contributed by atoms with E-state index in [-0.39, 0.29) is 5.91 Å². The molecule has 2 aromatic carbocycles. The van der Waals surface area contributed by atoms with Gasteiger partial charge in [0, 0.05) is 5.56 Å². The number of methoxy groups -OCH3 is 1. The first-order valence-electron chi connectivity index (χ1n) is 9.44. The van der Waals surface area contributed by atoms with Gasteiger partial charge in [0.2, 0.25) is 0 Å². The largest absolute Gasteiger partial charge is 0.465 e. The number of carbonyl (C=O) groups is 2. The number of hydrogen-bond acceptors (Lipinski definition) is 5. The van der Waals surface area contributed by atoms with Crippen LogP contribution in [0, 0.1) is 6.92 Å². The summed E-state index contributed by atoms with van der Waals surface area (Å²) in [6, 6.07) is 18.2. The zero-order valence-electron chi connectivity index (χ0n) is 16.9. The Hall–Kier alpha value is -3.93. The number of carbonyl (C=O) groups excluding carboxylic acids is 2. The van der Waals surface area contributed by atoms with Crippen LogP contribution >= 0.6 is 0 Å². The van der Waals surface area contributed by atoms with Crippen LogP contribution in [0.15, 0.2) is 75.8 Å². The van der Waals surface area contributed by atoms with Gasteiger partial charge in [0.25, 0.3) is 5.91 Å². The molecule has 0 saturated carbocycles. The molecule has 0 N–H and O–H groups in total. The second kappa shape index (κ2) is 7.83. The van der Waals surface area contributed by atoms with Gasteiger partial charge in [-0.2, -0.15) is 10.1 Å². The lowest BCUT2D eigenvalue weighted by molar-refractivity contribution is -0.114. The van der Waals surface area contributed by atoms with Gasteiger partial charge >= 0.3 is 5.97 Å². The fourth-order valence-corrected chi connectivity index (χ4v) is 3.28. The molecule has 6 heteroatoms. The summed E-state index contributed by atoms with van der Waals surface area (Å²) in [4.78, 5) is 24.7. The van der Waals surface area contributed by atoms with E-state index >= 15 is 0 Å². The molecule has 1 aromatic heterocycles. The topological polar surface area (TPSA) is 72.1 Å². The van der Waals surface area contributed by atoms with Gasteiger partial charge in [-0.1, -0.05) is 24.3 Å². The maximum Gasteiger partial charge on any atom is 0.337 e. The molecule has 0 radical (unpaired) electrons. The average Bonchev–Trinajstić information content (AvgIpc) is 3.34. The van der Waals surface area contributed by atoms with E-state index in [1.807, 2.05) is 49.4 Å². The monoisotopic (exact) mass is 400 g/mol. The van der Waals surface area contributed by atoms with Crippen LogP contribution in [0.3, 0.4) is 0 Å². The van der Waals surface area contributed by atoms with Crippen LogP contribution in [0.4, 0.5) is 5.69 Å². The highest BCUT2D eigenvalue weighted by Crippen LogP contribution is 2.29. The minimum atomic E-state index is -0.408. The summed E-state index contributed by atoms with van der Waals surface area (Å²) >= 11 is 0. The molecule has 0 unspecified atom stereocenters. The Morgan fingerprint density at radius 1 is 1.07 bits per heavy atom. The highest BCUT2D eigenvalue weighted by atomic mass is 16.5. The molecule has 0 bridgehead atoms. The molecule has 1 aliphatic rings. The van der Waals surface area contributed by atoms with E-state index in [9.17, 15) is 9.59 Å². The quantitative estimate of drug-likeness (QED) is 0.464. The molecule has 4 rings (SSSR count). The molecular weight excluding hydrogens is 380 g/mol. The second-order valence-electron chi connectivity index (χ2n) is 6.92. The Balaban J connectivity index is 1.64. The molecule has 0 fully saturated rings. The Kier molecular flexibility index (Phi) is 5.06. The average molecular weight is 400 g/mol. The molecule has 0 spiro atoms. The second-order valence-corrected chi connectivity index (χ2v) is 6.92. The number of ether oxygens (including phenoxy) is 1. The van der Waals surface area contributed by atoms with Crippen LogP contribution in [0.5, 0.6) is 0 Å². The minimum absolute atomic E-state index is 0.208. The highest BCUT2D eigenvalue weighted by molar-refractivity contribution is 6.32. The van der Waals surface area contributed by atoms with Crippen molar-refractivity contribution in [1.29, 1.82) is 0 Å². The summed E-state index contributed by atoms with van der Waals surface area (Å²) in [6.45, 7) is 3.73. The SMILES string of the molecule is COC(=O)c1ccc(C)c(-c2ccc(C=C3C(=O)N(c4ccccc4)N=C3C)o2)c1. The predicted molar refractivity (Wildman–Crippen MR) is 115 cm³/mol. The van der Waals surface area contributed by atoms with Crippen LogP contribution < -0.4 is 5.01 Å². The van der Waals surface area contributed by atoms with Crippen molar-refractivity contribution in [3.8, 4) is 11.3 Å². The third-order valence-corrected chi connectivity index (χ3v) is 4.90. The van der Waals surface area contributed by atoms with E-state index in [0.29, 0.717) is 34.1 Å². The van der Waals surface area contributed by atoms with Gasteiger partial charge < -0.3 is 9.15 Å². The van der Waals surface area contributed by atoms with Crippen molar-refractivity contribution in [3.63, 3.8) is 0 Å². The third kappa shape index (κ3) is 3.55. The van der Waals surface area contributed by atoms with Gasteiger partial charge in [0.05, 0.1) is 29.6 Å². The number of anilines is 1. The van der Waals surface area contributed by atoms with E-state index in [1.54, 1.807) is 31.2 Å². The van der Waals surface area contributed by atoms with E-state index in [1.165, 1.54) is 12.1 Å². The fraction of sp³-hybridized carbons (Fsp3) is 0.125. The van der Waals surface area contributed by atoms with Gasteiger partial charge in [-0.3, -0.25) is 4.79 Å². The van der Waals surface area contributed by atoms with Crippen LogP contribution in [0.2, 0.25) is 0 Å². The number of rotatable bonds is 4. The molecule has 0 aliphatic carbocycles. The molecule has 1 aliphatic heterocycles. The molecule has 2 heterocycles. The maximum atomic E-state index is 12.9. The number of aryl methyl sites for hydroxylation is 1. The standard InChI is InChI=1S/C24H20N2O4/c1-15-9-10-17(24(28)29-3)13-20(15)22-12-11-19(30-22)14-21-16(2)25-26(23(21)27)18-7-5-4-6-8-18/h4-14H,1-3H3. The summed E-state index contributed by atoms with van der Waals surface area (Å²) in [5.74, 6) is 0.515. The van der Waals surface area contributed by atoms with Crippen LogP contribution in [-0.2, 0) is 9.53 Å². The van der Waals surface area contributed by atoms with E-state index in [0.717, 1.165) is 11.1 Å². The first-order chi connectivity index (χ1) is 14.5. The summed E-state index contributed by atoms with van der Waals surface area (Å²) in [5, 5.41) is 5.76. The van der Waals surface area contributed by atoms with Crippen molar-refractivity contribution in [2.75, 3.05) is 12.1 Å². The first kappa shape index (κ1) is 19.4. The van der Waals surface area contributed by atoms with Crippen LogP contribution in [-0.4, -0.2) is 24.7 Å². The van der Waals surface area contributed by atoms with Gasteiger partial charge in [0.1, 0.15) is 11.5 Å². The Morgan fingerprint density at radius 2 is 1.83 bits per heavy atom. The number of esters is 1. The molecule has 3 aromatic rings. The number of para-hydroxylation sites is 1. The highest BCUT2D eigenvalue weighted by Gasteiger charge is 2.29. The molecule has 150 valence electrons. The first-order valence-corrected chi connectivity index (χ1v) is 9.44. The number of hydrazone groups is 1. The van der Waals surface area contributed by atoms with E-state index in [4.69, 9.17) is 9.15 Å². The molecule has 0 saturated heterocycles. The van der Waals surface area contributed by atoms with Crippen molar-refractivity contribution < 1.29 is 18.7 Å². The van der Waals surface area contributed by atoms with E-state index in [2.05, 4.69) is 5.10 Å². The molecular formula is C24H20N2O4.